The molecule has 1 N–H and O–H groups in total. The number of nitrogens with one attached hydrogen (secondary N) is 1. The van der Waals surface area contributed by atoms with Gasteiger partial charge in [-0.25, -0.2) is 0 Å². The van der Waals surface area contributed by atoms with Crippen molar-refractivity contribution in [1.82, 2.24) is 24.8 Å². The summed E-state index contributed by atoms with van der Waals surface area (Å²) < 4.78 is 1.98. The number of likely N-dealkylation sites (tertiary alicyclic amines) is 1. The van der Waals surface area contributed by atoms with Crippen molar-refractivity contribution in [3.63, 3.8) is 0 Å². The van der Waals surface area contributed by atoms with Gasteiger partial charge in [0.1, 0.15) is 11.4 Å². The highest BCUT2D eigenvalue weighted by molar-refractivity contribution is 5.94. The summed E-state index contributed by atoms with van der Waals surface area (Å²) in [4.78, 5) is 48.6. The summed E-state index contributed by atoms with van der Waals surface area (Å²) in [7, 11) is 0. The molecule has 2 aliphatic heterocycles. The van der Waals surface area contributed by atoms with Crippen LogP contribution in [0.15, 0.2) is 35.5 Å². The minimum absolute atomic E-state index is 0.00807. The Balaban J connectivity index is 1.26. The Bertz CT molecular complexity index is 1080. The number of amides is 2. The van der Waals surface area contributed by atoms with E-state index in [2.05, 4.69) is 15.3 Å². The van der Waals surface area contributed by atoms with Crippen LogP contribution < -0.4 is 10.9 Å². The number of carbonyl (C=O) groups excluding carboxylic acids is 2. The zero-order chi connectivity index (χ0) is 22.8. The lowest BCUT2D eigenvalue weighted by Crippen LogP contribution is -2.45. The molecule has 2 aromatic rings. The summed E-state index contributed by atoms with van der Waals surface area (Å²) in [6.07, 6.45) is 13.4. The number of hydrogen-bond donors (Lipinski definition) is 1. The van der Waals surface area contributed by atoms with Crippen LogP contribution in [0.25, 0.3) is 0 Å². The van der Waals surface area contributed by atoms with Crippen molar-refractivity contribution in [2.24, 2.45) is 5.92 Å². The van der Waals surface area contributed by atoms with Crippen LogP contribution in [0.2, 0.25) is 0 Å². The highest BCUT2D eigenvalue weighted by atomic mass is 16.2. The van der Waals surface area contributed by atoms with Gasteiger partial charge in [0.2, 0.25) is 0 Å². The molecule has 5 rings (SSSR count). The van der Waals surface area contributed by atoms with E-state index in [0.29, 0.717) is 31.1 Å². The van der Waals surface area contributed by atoms with E-state index in [-0.39, 0.29) is 22.8 Å². The van der Waals surface area contributed by atoms with E-state index < -0.39 is 5.56 Å². The highest BCUT2D eigenvalue weighted by Crippen LogP contribution is 2.42. The first kappa shape index (κ1) is 21.8. The van der Waals surface area contributed by atoms with Crippen molar-refractivity contribution in [2.45, 2.75) is 63.3 Å². The molecule has 0 atom stereocenters. The summed E-state index contributed by atoms with van der Waals surface area (Å²) in [5.41, 5.74) is 0.0777. The fraction of sp³-hybridized carbons (Fsp3) is 0.560. The Kier molecular flexibility index (Phi) is 6.00. The Morgan fingerprint density at radius 2 is 1.85 bits per heavy atom. The van der Waals surface area contributed by atoms with Gasteiger partial charge in [0.15, 0.2) is 0 Å². The second-order valence-corrected chi connectivity index (χ2v) is 9.76. The normalized spacial score (nSPS) is 19.9. The van der Waals surface area contributed by atoms with Gasteiger partial charge in [-0.1, -0.05) is 19.3 Å². The fourth-order valence-corrected chi connectivity index (χ4v) is 5.70. The van der Waals surface area contributed by atoms with Crippen LogP contribution in [-0.2, 0) is 12.0 Å². The molecule has 1 aliphatic carbocycles. The maximum atomic E-state index is 12.8. The number of carbonyl (C=O) groups is 2. The number of fused-ring (bicyclic) bond motifs is 2. The minimum Gasteiger partial charge on any atom is -0.352 e. The second-order valence-electron chi connectivity index (χ2n) is 9.76. The Morgan fingerprint density at radius 3 is 2.58 bits per heavy atom. The number of pyridine rings is 1. The molecule has 1 spiro atoms. The van der Waals surface area contributed by atoms with Gasteiger partial charge >= 0.3 is 0 Å². The molecule has 8 heteroatoms. The number of hydrogen-bond acceptors (Lipinski definition) is 5. The van der Waals surface area contributed by atoms with Gasteiger partial charge in [0, 0.05) is 50.2 Å². The summed E-state index contributed by atoms with van der Waals surface area (Å²) in [6.45, 7) is 2.60. The predicted octanol–water partition coefficient (Wildman–Crippen LogP) is 2.53. The maximum Gasteiger partial charge on any atom is 0.285 e. The van der Waals surface area contributed by atoms with Gasteiger partial charge in [-0.3, -0.25) is 19.4 Å². The summed E-state index contributed by atoms with van der Waals surface area (Å²) in [5, 5.41) is 2.96. The number of aromatic nitrogens is 3. The minimum atomic E-state index is -0.447. The molecule has 1 saturated carbocycles. The third kappa shape index (κ3) is 4.30. The van der Waals surface area contributed by atoms with Crippen LogP contribution in [0.3, 0.4) is 0 Å². The summed E-state index contributed by atoms with van der Waals surface area (Å²) >= 11 is 0. The molecule has 1 saturated heterocycles. The molecule has 2 amide bonds. The van der Waals surface area contributed by atoms with E-state index in [1.54, 1.807) is 30.7 Å². The van der Waals surface area contributed by atoms with Gasteiger partial charge in [-0.05, 0) is 50.2 Å². The average Bonchev–Trinajstić information content (AvgIpc) is 3.20. The number of nitrogens with zero attached hydrogens (tertiary/aromatic N) is 4. The van der Waals surface area contributed by atoms with Crippen molar-refractivity contribution in [2.75, 3.05) is 19.6 Å². The number of piperidine rings is 1. The highest BCUT2D eigenvalue weighted by Gasteiger charge is 2.44. The maximum absolute atomic E-state index is 12.8. The molecule has 174 valence electrons. The van der Waals surface area contributed by atoms with Gasteiger partial charge in [-0.15, -0.1) is 0 Å². The molecule has 33 heavy (non-hydrogen) atoms. The van der Waals surface area contributed by atoms with E-state index >= 15 is 0 Å². The number of aryl methyl sites for hydroxylation is 1. The molecule has 0 radical (unpaired) electrons. The zero-order valence-electron chi connectivity index (χ0n) is 19.0. The third-order valence-corrected chi connectivity index (χ3v) is 7.74. The van der Waals surface area contributed by atoms with Crippen LogP contribution in [0.5, 0.6) is 0 Å². The Morgan fingerprint density at radius 1 is 1.09 bits per heavy atom. The van der Waals surface area contributed by atoms with E-state index in [1.165, 1.54) is 19.3 Å². The molecular formula is C25H31N5O3. The molecule has 0 aromatic carbocycles. The first-order valence-electron chi connectivity index (χ1n) is 12.2. The predicted molar refractivity (Wildman–Crippen MR) is 123 cm³/mol. The van der Waals surface area contributed by atoms with Crippen molar-refractivity contribution in [3.8, 4) is 0 Å². The van der Waals surface area contributed by atoms with Crippen LogP contribution in [0.1, 0.15) is 77.9 Å². The van der Waals surface area contributed by atoms with Crippen molar-refractivity contribution >= 4 is 11.8 Å². The smallest absolute Gasteiger partial charge is 0.285 e. The lowest BCUT2D eigenvalue weighted by molar-refractivity contribution is 0.0662. The van der Waals surface area contributed by atoms with E-state index in [4.69, 9.17) is 0 Å². The first-order valence-corrected chi connectivity index (χ1v) is 12.2. The van der Waals surface area contributed by atoms with Gasteiger partial charge in [0.05, 0.1) is 5.56 Å². The van der Waals surface area contributed by atoms with E-state index in [1.807, 2.05) is 9.47 Å². The van der Waals surface area contributed by atoms with E-state index in [0.717, 1.165) is 44.5 Å². The van der Waals surface area contributed by atoms with Crippen LogP contribution in [0.4, 0.5) is 0 Å². The quantitative estimate of drug-likeness (QED) is 0.774. The monoisotopic (exact) mass is 449 g/mol. The fourth-order valence-electron chi connectivity index (χ4n) is 5.70. The zero-order valence-corrected chi connectivity index (χ0v) is 19.0. The molecule has 0 unspecified atom stereocenters. The van der Waals surface area contributed by atoms with Gasteiger partial charge in [0.25, 0.3) is 17.4 Å². The second kappa shape index (κ2) is 9.08. The molecule has 0 bridgehead atoms. The van der Waals surface area contributed by atoms with Crippen molar-refractivity contribution < 1.29 is 9.59 Å². The molecule has 2 aromatic heterocycles. The standard InChI is InChI=1S/C25H31N5O3/c31-21(27-15-18-5-2-1-3-6-18)20-17-30-14-10-25(24(30)28-22(20)32)8-12-29(13-9-25)23(33)19-7-4-11-26-16-19/h4,7,11,16-18H,1-3,5-6,8-10,12-15H2,(H,27,31). The van der Waals surface area contributed by atoms with Crippen molar-refractivity contribution in [3.05, 3.63) is 58.0 Å². The van der Waals surface area contributed by atoms with Crippen molar-refractivity contribution in [1.29, 1.82) is 0 Å². The molecule has 3 aliphatic rings. The topological polar surface area (TPSA) is 97.2 Å². The van der Waals surface area contributed by atoms with Gasteiger partial charge < -0.3 is 14.8 Å². The summed E-state index contributed by atoms with van der Waals surface area (Å²) in [5.74, 6) is 0.956. The van der Waals surface area contributed by atoms with Gasteiger partial charge in [-0.2, -0.15) is 4.98 Å². The SMILES string of the molecule is O=C(NCC1CCCCC1)c1cn2c(nc1=O)C1(CCN(C(=O)c3cccnc3)CC1)CC2. The molecule has 2 fully saturated rings. The Labute approximate surface area is 193 Å². The third-order valence-electron chi connectivity index (χ3n) is 7.74. The molecule has 8 nitrogen and oxygen atoms in total. The lowest BCUT2D eigenvalue weighted by Gasteiger charge is -2.38. The van der Waals surface area contributed by atoms with Crippen LogP contribution >= 0.6 is 0 Å². The number of rotatable bonds is 4. The molecular weight excluding hydrogens is 418 g/mol. The molecule has 4 heterocycles. The largest absolute Gasteiger partial charge is 0.352 e. The van der Waals surface area contributed by atoms with Crippen LogP contribution in [-0.4, -0.2) is 50.9 Å². The Hall–Kier alpha value is -3.03. The van der Waals surface area contributed by atoms with E-state index in [9.17, 15) is 14.4 Å². The lowest BCUT2D eigenvalue weighted by atomic mass is 9.76. The first-order chi connectivity index (χ1) is 16.1. The summed E-state index contributed by atoms with van der Waals surface area (Å²) in [6, 6.07) is 3.55. The average molecular weight is 450 g/mol. The van der Waals surface area contributed by atoms with Crippen LogP contribution in [0, 0.1) is 5.92 Å².